The number of fused-ring (bicyclic) bond motifs is 2. The molecule has 1 N–H and O–H groups in total. The zero-order chi connectivity index (χ0) is 27.6. The number of nitrogens with one attached hydrogen (secondary N) is 1. The quantitative estimate of drug-likeness (QED) is 0.198. The lowest BCUT2D eigenvalue weighted by molar-refractivity contribution is -0.114. The number of carbonyl (C=O) groups is 1. The van der Waals surface area contributed by atoms with Gasteiger partial charge >= 0.3 is 0 Å². The summed E-state index contributed by atoms with van der Waals surface area (Å²) in [5, 5.41) is 12.2. The smallest absolute Gasteiger partial charge is 0.283 e. The van der Waals surface area contributed by atoms with Crippen molar-refractivity contribution in [2.45, 2.75) is 13.0 Å². The normalized spacial score (nSPS) is 15.8. The summed E-state index contributed by atoms with van der Waals surface area (Å²) in [5.74, 6) is 0.817. The first-order valence-electron chi connectivity index (χ1n) is 12.7. The number of rotatable bonds is 8. The van der Waals surface area contributed by atoms with Crippen molar-refractivity contribution in [3.63, 3.8) is 0 Å². The maximum Gasteiger partial charge on any atom is 0.283 e. The van der Waals surface area contributed by atoms with Gasteiger partial charge in [0.15, 0.2) is 5.17 Å². The molecule has 0 spiro atoms. The fourth-order valence-corrected chi connectivity index (χ4v) is 5.64. The number of nitrogens with zero attached hydrogens (tertiary/aromatic N) is 3. The van der Waals surface area contributed by atoms with E-state index in [4.69, 9.17) is 14.9 Å². The van der Waals surface area contributed by atoms with Crippen molar-refractivity contribution < 1.29 is 18.7 Å². The van der Waals surface area contributed by atoms with E-state index >= 15 is 0 Å². The zero-order valence-corrected chi connectivity index (χ0v) is 22.5. The molecule has 7 nitrogen and oxygen atoms in total. The van der Waals surface area contributed by atoms with Crippen molar-refractivity contribution in [3.05, 3.63) is 107 Å². The molecule has 0 aliphatic carbocycles. The van der Waals surface area contributed by atoms with Crippen molar-refractivity contribution in [1.82, 2.24) is 9.47 Å². The van der Waals surface area contributed by atoms with Crippen molar-refractivity contribution >= 4 is 51.3 Å². The van der Waals surface area contributed by atoms with Crippen molar-refractivity contribution in [2.24, 2.45) is 4.99 Å². The molecule has 3 aromatic carbocycles. The monoisotopic (exact) mass is 552 g/mol. The van der Waals surface area contributed by atoms with Gasteiger partial charge in [-0.1, -0.05) is 30.0 Å². The molecule has 9 heteroatoms. The van der Waals surface area contributed by atoms with Crippen LogP contribution in [0.1, 0.15) is 17.5 Å². The summed E-state index contributed by atoms with van der Waals surface area (Å²) in [6.07, 6.45) is 4.52. The molecule has 1 amide bonds. The predicted octanol–water partition coefficient (Wildman–Crippen LogP) is 6.56. The summed E-state index contributed by atoms with van der Waals surface area (Å²) in [5.41, 5.74) is 3.49. The topological polar surface area (TPSA) is 79.9 Å². The largest absolute Gasteiger partial charge is 0.497 e. The van der Waals surface area contributed by atoms with Gasteiger partial charge in [0, 0.05) is 34.6 Å². The van der Waals surface area contributed by atoms with Crippen LogP contribution in [0, 0.1) is 11.2 Å². The number of aromatic nitrogens is 1. The van der Waals surface area contributed by atoms with E-state index in [0.717, 1.165) is 39.9 Å². The highest BCUT2D eigenvalue weighted by atomic mass is 32.2. The van der Waals surface area contributed by atoms with Crippen LogP contribution < -0.4 is 9.47 Å². The van der Waals surface area contributed by atoms with Crippen LogP contribution in [-0.2, 0) is 11.3 Å². The predicted molar refractivity (Wildman–Crippen MR) is 157 cm³/mol. The number of methoxy groups -OCH3 is 1. The molecule has 0 saturated heterocycles. The van der Waals surface area contributed by atoms with Gasteiger partial charge in [0.25, 0.3) is 5.91 Å². The number of hydrogen-bond donors (Lipinski definition) is 1. The average Bonchev–Trinajstić information content (AvgIpc) is 3.56. The molecule has 0 unspecified atom stereocenters. The SMILES string of the molecule is COc1ccc(OCCCn2cc(/C=C3\C(=N)N4C(c5ccc(F)cc5)=CSC4=NC3=O)c3ccccc32)cc1. The van der Waals surface area contributed by atoms with Gasteiger partial charge < -0.3 is 14.0 Å². The molecular formula is C31H25FN4O3S. The molecule has 6 rings (SSSR count). The number of halogens is 1. The molecule has 2 aliphatic rings. The number of amidine groups is 2. The number of amides is 1. The molecule has 0 atom stereocenters. The molecule has 40 heavy (non-hydrogen) atoms. The number of aliphatic imine (C=N–C) groups is 1. The summed E-state index contributed by atoms with van der Waals surface area (Å²) in [7, 11) is 1.63. The Hall–Kier alpha value is -4.63. The van der Waals surface area contributed by atoms with Crippen LogP contribution in [0.15, 0.2) is 95.0 Å². The third-order valence-corrected chi connectivity index (χ3v) is 7.57. The highest BCUT2D eigenvalue weighted by Crippen LogP contribution is 2.38. The number of para-hydroxylation sites is 1. The Bertz CT molecular complexity index is 1700. The van der Waals surface area contributed by atoms with Gasteiger partial charge in [-0.2, -0.15) is 4.99 Å². The van der Waals surface area contributed by atoms with Crippen molar-refractivity contribution in [3.8, 4) is 11.5 Å². The fraction of sp³-hybridized carbons (Fsp3) is 0.129. The molecule has 0 fully saturated rings. The number of benzene rings is 3. The molecule has 200 valence electrons. The number of carbonyl (C=O) groups excluding carboxylic acids is 1. The molecule has 0 radical (unpaired) electrons. The van der Waals surface area contributed by atoms with Crippen LogP contribution in [0.2, 0.25) is 0 Å². The van der Waals surface area contributed by atoms with Gasteiger partial charge in [0.1, 0.15) is 23.2 Å². The Balaban J connectivity index is 1.23. The first kappa shape index (κ1) is 25.6. The van der Waals surface area contributed by atoms with Gasteiger partial charge in [0.2, 0.25) is 0 Å². The lowest BCUT2D eigenvalue weighted by atomic mass is 10.1. The average molecular weight is 553 g/mol. The molecule has 1 aromatic heterocycles. The second-order valence-corrected chi connectivity index (χ2v) is 10.1. The van der Waals surface area contributed by atoms with Crippen LogP contribution in [-0.4, -0.2) is 40.1 Å². The van der Waals surface area contributed by atoms with Gasteiger partial charge in [-0.3, -0.25) is 15.1 Å². The van der Waals surface area contributed by atoms with Gasteiger partial charge in [0.05, 0.1) is 25.0 Å². The molecule has 0 bridgehead atoms. The summed E-state index contributed by atoms with van der Waals surface area (Å²) >= 11 is 1.28. The third kappa shape index (κ3) is 4.91. The minimum Gasteiger partial charge on any atom is -0.497 e. The number of hydrogen-bond acceptors (Lipinski definition) is 5. The summed E-state index contributed by atoms with van der Waals surface area (Å²) in [4.78, 5) is 18.9. The highest BCUT2D eigenvalue weighted by molar-refractivity contribution is 8.17. The third-order valence-electron chi connectivity index (χ3n) is 6.75. The standard InChI is InChI=1S/C31H25FN4O3S/c1-38-23-11-13-24(14-12-23)39-16-4-15-35-18-21(25-5-2-3-6-27(25)35)17-26-29(33)36-28(19-40-31(36)34-30(26)37)20-7-9-22(32)10-8-20/h2-3,5-14,17-19,33H,4,15-16H2,1H3/b26-17+,33-29?. The Kier molecular flexibility index (Phi) is 6.96. The van der Waals surface area contributed by atoms with E-state index in [2.05, 4.69) is 9.56 Å². The maximum absolute atomic E-state index is 13.5. The van der Waals surface area contributed by atoms with Crippen LogP contribution in [0.25, 0.3) is 22.7 Å². The Labute approximate surface area is 234 Å². The van der Waals surface area contributed by atoms with Crippen molar-refractivity contribution in [1.29, 1.82) is 5.41 Å². The molecule has 0 saturated carbocycles. The van der Waals surface area contributed by atoms with Gasteiger partial charge in [-0.05, 0) is 72.7 Å². The lowest BCUT2D eigenvalue weighted by Crippen LogP contribution is -2.38. The lowest BCUT2D eigenvalue weighted by Gasteiger charge is -2.26. The minimum absolute atomic E-state index is 0.0419. The van der Waals surface area contributed by atoms with E-state index in [1.807, 2.05) is 60.1 Å². The van der Waals surface area contributed by atoms with Crippen LogP contribution >= 0.6 is 11.8 Å². The van der Waals surface area contributed by atoms with Gasteiger partial charge in [-0.15, -0.1) is 0 Å². The van der Waals surface area contributed by atoms with E-state index in [1.165, 1.54) is 23.9 Å². The number of thioether (sulfide) groups is 1. The molecule has 4 aromatic rings. The second-order valence-electron chi connectivity index (χ2n) is 9.24. The van der Waals surface area contributed by atoms with E-state index in [1.54, 1.807) is 30.2 Å². The second kappa shape index (κ2) is 10.9. The summed E-state index contributed by atoms with van der Waals surface area (Å²) in [6.45, 7) is 1.26. The first-order valence-corrected chi connectivity index (χ1v) is 13.6. The number of ether oxygens (including phenoxy) is 2. The first-order chi connectivity index (χ1) is 19.5. The minimum atomic E-state index is -0.456. The molecule has 3 heterocycles. The Morgan fingerprint density at radius 2 is 1.77 bits per heavy atom. The Morgan fingerprint density at radius 3 is 2.55 bits per heavy atom. The van der Waals surface area contributed by atoms with Crippen LogP contribution in [0.4, 0.5) is 4.39 Å². The molecular weight excluding hydrogens is 527 g/mol. The fourth-order valence-electron chi connectivity index (χ4n) is 4.75. The van der Waals surface area contributed by atoms with E-state index in [-0.39, 0.29) is 17.2 Å². The van der Waals surface area contributed by atoms with E-state index in [0.29, 0.717) is 24.0 Å². The number of aryl methyl sites for hydroxylation is 1. The van der Waals surface area contributed by atoms with Crippen LogP contribution in [0.3, 0.4) is 0 Å². The van der Waals surface area contributed by atoms with Crippen LogP contribution in [0.5, 0.6) is 11.5 Å². The van der Waals surface area contributed by atoms with E-state index in [9.17, 15) is 9.18 Å². The summed E-state index contributed by atoms with van der Waals surface area (Å²) < 4.78 is 26.7. The Morgan fingerprint density at radius 1 is 1.02 bits per heavy atom. The maximum atomic E-state index is 13.5. The van der Waals surface area contributed by atoms with E-state index < -0.39 is 5.91 Å². The summed E-state index contributed by atoms with van der Waals surface area (Å²) in [6, 6.07) is 21.6. The highest BCUT2D eigenvalue weighted by Gasteiger charge is 2.36. The van der Waals surface area contributed by atoms with Gasteiger partial charge in [-0.25, -0.2) is 4.39 Å². The van der Waals surface area contributed by atoms with Crippen molar-refractivity contribution in [2.75, 3.05) is 13.7 Å². The zero-order valence-electron chi connectivity index (χ0n) is 21.6. The molecule has 2 aliphatic heterocycles.